The van der Waals surface area contributed by atoms with Crippen LogP contribution in [0.4, 0.5) is 5.69 Å². The summed E-state index contributed by atoms with van der Waals surface area (Å²) in [5, 5.41) is 21.7. The van der Waals surface area contributed by atoms with E-state index in [1.54, 1.807) is 0 Å². The average Bonchev–Trinajstić information content (AvgIpc) is 2.80. The van der Waals surface area contributed by atoms with Gasteiger partial charge in [-0.05, 0) is 37.6 Å². The highest BCUT2D eigenvalue weighted by atomic mass is 16.3. The van der Waals surface area contributed by atoms with Crippen LogP contribution < -0.4 is 10.2 Å². The Morgan fingerprint density at radius 2 is 2.22 bits per heavy atom. The molecule has 1 heterocycles. The number of β-amino-alcohol motifs (C(OH)–C–C–N with tert-alkyl or cyclic N) is 1. The molecule has 1 aromatic rings. The monoisotopic (exact) mass is 250 g/mol. The molecule has 0 fully saturated rings. The van der Waals surface area contributed by atoms with Gasteiger partial charge in [-0.15, -0.1) is 0 Å². The quantitative estimate of drug-likeness (QED) is 0.719. The highest BCUT2D eigenvalue weighted by molar-refractivity contribution is 5.59. The van der Waals surface area contributed by atoms with Gasteiger partial charge in [0.1, 0.15) is 0 Å². The van der Waals surface area contributed by atoms with Crippen molar-refractivity contribution >= 4 is 5.69 Å². The molecule has 4 nitrogen and oxygen atoms in total. The Morgan fingerprint density at radius 3 is 2.89 bits per heavy atom. The lowest BCUT2D eigenvalue weighted by atomic mass is 10.0. The van der Waals surface area contributed by atoms with E-state index in [4.69, 9.17) is 5.11 Å². The molecule has 0 bridgehead atoms. The third-order valence-corrected chi connectivity index (χ3v) is 3.67. The molecule has 0 aromatic heterocycles. The van der Waals surface area contributed by atoms with E-state index in [-0.39, 0.29) is 6.61 Å². The molecule has 0 amide bonds. The number of aliphatic hydroxyl groups excluding tert-OH is 2. The minimum atomic E-state index is -0.660. The molecule has 0 radical (unpaired) electrons. The average molecular weight is 250 g/mol. The Kier molecular flexibility index (Phi) is 4.22. The van der Waals surface area contributed by atoms with Crippen LogP contribution in [0.2, 0.25) is 0 Å². The molecule has 0 spiro atoms. The molecule has 2 rings (SSSR count). The smallest absolute Gasteiger partial charge is 0.0945 e. The van der Waals surface area contributed by atoms with Crippen molar-refractivity contribution < 1.29 is 10.2 Å². The first-order valence-corrected chi connectivity index (χ1v) is 6.49. The Balaban J connectivity index is 2.15. The van der Waals surface area contributed by atoms with Crippen molar-refractivity contribution in [2.75, 3.05) is 31.6 Å². The minimum Gasteiger partial charge on any atom is -0.394 e. The Bertz CT molecular complexity index is 409. The van der Waals surface area contributed by atoms with E-state index in [0.29, 0.717) is 12.6 Å². The van der Waals surface area contributed by atoms with Crippen LogP contribution in [-0.4, -0.2) is 43.1 Å². The predicted octanol–water partition coefficient (Wildman–Crippen LogP) is 0.683. The second-order valence-electron chi connectivity index (χ2n) is 4.93. The van der Waals surface area contributed by atoms with Crippen molar-refractivity contribution in [3.63, 3.8) is 0 Å². The largest absolute Gasteiger partial charge is 0.394 e. The topological polar surface area (TPSA) is 55.7 Å². The maximum atomic E-state index is 9.52. The zero-order valence-electron chi connectivity index (χ0n) is 11.1. The first-order chi connectivity index (χ1) is 8.65. The Hall–Kier alpha value is -1.10. The Labute approximate surface area is 108 Å². The van der Waals surface area contributed by atoms with Crippen LogP contribution >= 0.6 is 0 Å². The SMILES string of the molecule is CNC(C)c1ccc2c(c1)CCN2CC(O)CO. The standard InChI is InChI=1S/C14H22N2O2/c1-10(15-2)11-3-4-14-12(7-11)5-6-16(14)8-13(18)9-17/h3-4,7,10,13,15,17-18H,5-6,8-9H2,1-2H3. The summed E-state index contributed by atoms with van der Waals surface area (Å²) in [4.78, 5) is 2.14. The summed E-state index contributed by atoms with van der Waals surface area (Å²) >= 11 is 0. The number of nitrogens with zero attached hydrogens (tertiary/aromatic N) is 1. The molecule has 1 aliphatic heterocycles. The lowest BCUT2D eigenvalue weighted by molar-refractivity contribution is 0.100. The van der Waals surface area contributed by atoms with Gasteiger partial charge in [-0.3, -0.25) is 0 Å². The molecule has 0 aliphatic carbocycles. The van der Waals surface area contributed by atoms with Crippen molar-refractivity contribution in [3.05, 3.63) is 29.3 Å². The van der Waals surface area contributed by atoms with E-state index < -0.39 is 6.10 Å². The van der Waals surface area contributed by atoms with Crippen molar-refractivity contribution in [2.24, 2.45) is 0 Å². The van der Waals surface area contributed by atoms with Crippen molar-refractivity contribution in [1.82, 2.24) is 5.32 Å². The molecule has 0 saturated heterocycles. The molecule has 4 heteroatoms. The molecule has 100 valence electrons. The van der Waals surface area contributed by atoms with Gasteiger partial charge in [-0.2, -0.15) is 0 Å². The molecule has 18 heavy (non-hydrogen) atoms. The molecule has 0 saturated carbocycles. The van der Waals surface area contributed by atoms with Gasteiger partial charge in [0.25, 0.3) is 0 Å². The molecule has 1 aromatic carbocycles. The predicted molar refractivity (Wildman–Crippen MR) is 72.9 cm³/mol. The number of aliphatic hydroxyl groups is 2. The van der Waals surface area contributed by atoms with Crippen LogP contribution in [0, 0.1) is 0 Å². The highest BCUT2D eigenvalue weighted by Crippen LogP contribution is 2.30. The number of anilines is 1. The minimum absolute atomic E-state index is 0.180. The fraction of sp³-hybridized carbons (Fsp3) is 0.571. The number of rotatable bonds is 5. The van der Waals surface area contributed by atoms with Crippen LogP contribution in [0.15, 0.2) is 18.2 Å². The van der Waals surface area contributed by atoms with E-state index in [1.807, 2.05) is 7.05 Å². The fourth-order valence-corrected chi connectivity index (χ4v) is 2.43. The van der Waals surface area contributed by atoms with Gasteiger partial charge in [-0.25, -0.2) is 0 Å². The summed E-state index contributed by atoms with van der Waals surface area (Å²) in [6.07, 6.45) is 0.351. The van der Waals surface area contributed by atoms with Crippen molar-refractivity contribution in [3.8, 4) is 0 Å². The summed E-state index contributed by atoms with van der Waals surface area (Å²) < 4.78 is 0. The third kappa shape index (κ3) is 2.66. The highest BCUT2D eigenvalue weighted by Gasteiger charge is 2.21. The van der Waals surface area contributed by atoms with Gasteiger partial charge in [0.05, 0.1) is 12.7 Å². The van der Waals surface area contributed by atoms with Crippen LogP contribution in [-0.2, 0) is 6.42 Å². The lowest BCUT2D eigenvalue weighted by Gasteiger charge is -2.22. The van der Waals surface area contributed by atoms with E-state index in [9.17, 15) is 5.11 Å². The summed E-state index contributed by atoms with van der Waals surface area (Å²) in [6, 6.07) is 6.84. The second kappa shape index (κ2) is 5.69. The van der Waals surface area contributed by atoms with Crippen LogP contribution in [0.5, 0.6) is 0 Å². The molecule has 1 aliphatic rings. The number of hydrogen-bond donors (Lipinski definition) is 3. The normalized spacial score (nSPS) is 17.7. The first kappa shape index (κ1) is 13.3. The fourth-order valence-electron chi connectivity index (χ4n) is 2.43. The number of fused-ring (bicyclic) bond motifs is 1. The third-order valence-electron chi connectivity index (χ3n) is 3.67. The summed E-state index contributed by atoms with van der Waals surface area (Å²) in [6.45, 7) is 3.39. The summed E-state index contributed by atoms with van der Waals surface area (Å²) in [5.41, 5.74) is 3.81. The maximum absolute atomic E-state index is 9.52. The Morgan fingerprint density at radius 1 is 1.44 bits per heavy atom. The molecule has 2 unspecified atom stereocenters. The van der Waals surface area contributed by atoms with E-state index in [1.165, 1.54) is 16.8 Å². The lowest BCUT2D eigenvalue weighted by Crippen LogP contribution is -2.32. The summed E-state index contributed by atoms with van der Waals surface area (Å²) in [7, 11) is 1.96. The van der Waals surface area contributed by atoms with Gasteiger partial charge in [0, 0.05) is 24.8 Å². The molecular formula is C14H22N2O2. The van der Waals surface area contributed by atoms with Crippen LogP contribution in [0.3, 0.4) is 0 Å². The number of benzene rings is 1. The van der Waals surface area contributed by atoms with Crippen molar-refractivity contribution in [2.45, 2.75) is 25.5 Å². The molecule has 3 N–H and O–H groups in total. The van der Waals surface area contributed by atoms with Gasteiger partial charge < -0.3 is 20.4 Å². The van der Waals surface area contributed by atoms with Gasteiger partial charge in [0.2, 0.25) is 0 Å². The zero-order chi connectivity index (χ0) is 13.1. The van der Waals surface area contributed by atoms with Gasteiger partial charge >= 0.3 is 0 Å². The second-order valence-corrected chi connectivity index (χ2v) is 4.93. The number of hydrogen-bond acceptors (Lipinski definition) is 4. The van der Waals surface area contributed by atoms with E-state index in [0.717, 1.165) is 13.0 Å². The molecule has 2 atom stereocenters. The maximum Gasteiger partial charge on any atom is 0.0945 e. The molecular weight excluding hydrogens is 228 g/mol. The first-order valence-electron chi connectivity index (χ1n) is 6.49. The van der Waals surface area contributed by atoms with E-state index in [2.05, 4.69) is 35.3 Å². The van der Waals surface area contributed by atoms with Gasteiger partial charge in [-0.1, -0.05) is 12.1 Å². The van der Waals surface area contributed by atoms with Gasteiger partial charge in [0.15, 0.2) is 0 Å². The van der Waals surface area contributed by atoms with Crippen LogP contribution in [0.25, 0.3) is 0 Å². The number of nitrogens with one attached hydrogen (secondary N) is 1. The van der Waals surface area contributed by atoms with Crippen molar-refractivity contribution in [1.29, 1.82) is 0 Å². The zero-order valence-corrected chi connectivity index (χ0v) is 11.1. The van der Waals surface area contributed by atoms with Crippen LogP contribution in [0.1, 0.15) is 24.1 Å². The van der Waals surface area contributed by atoms with E-state index >= 15 is 0 Å². The summed E-state index contributed by atoms with van der Waals surface area (Å²) in [5.74, 6) is 0.